The minimum Gasteiger partial charge on any atom is -0.418 e. The Hall–Kier alpha value is -0.770. The summed E-state index contributed by atoms with van der Waals surface area (Å²) in [7, 11) is 0. The predicted octanol–water partition coefficient (Wildman–Crippen LogP) is -0.661. The van der Waals surface area contributed by atoms with Crippen molar-refractivity contribution in [1.29, 1.82) is 0 Å². The number of hydrogen-bond acceptors (Lipinski definition) is 3. The molecule has 0 atom stereocenters. The van der Waals surface area contributed by atoms with Crippen LogP contribution in [0.1, 0.15) is 6.42 Å². The van der Waals surface area contributed by atoms with Crippen LogP contribution in [0.15, 0.2) is 0 Å². The average molecular weight is 105 g/mol. The van der Waals surface area contributed by atoms with E-state index in [1.165, 1.54) is 0 Å². The van der Waals surface area contributed by atoms with Gasteiger partial charge in [-0.15, -0.1) is 0 Å². The molecule has 0 radical (unpaired) electrons. The van der Waals surface area contributed by atoms with Gasteiger partial charge in [-0.3, -0.25) is 5.21 Å². The smallest absolute Gasteiger partial charge is 0.212 e. The Morgan fingerprint density at radius 2 is 2.29 bits per heavy atom. The van der Waals surface area contributed by atoms with E-state index in [1.807, 2.05) is 0 Å². The summed E-state index contributed by atoms with van der Waals surface area (Å²) >= 11 is 0. The van der Waals surface area contributed by atoms with Crippen molar-refractivity contribution in [3.05, 3.63) is 5.21 Å². The molecule has 0 aliphatic carbocycles. The Morgan fingerprint density at radius 3 is 2.43 bits per heavy atom. The van der Waals surface area contributed by atoms with Crippen molar-refractivity contribution in [1.82, 2.24) is 0 Å². The Labute approximate surface area is 40.9 Å². The summed E-state index contributed by atoms with van der Waals surface area (Å²) in [6, 6.07) is 0. The molecule has 2 N–H and O–H groups in total. The molecule has 4 nitrogen and oxygen atoms in total. The molecule has 0 spiro atoms. The fourth-order valence-electron chi connectivity index (χ4n) is 0.168. The van der Waals surface area contributed by atoms with Crippen molar-refractivity contribution >= 4 is 6.21 Å². The van der Waals surface area contributed by atoms with E-state index in [2.05, 4.69) is 0 Å². The van der Waals surface area contributed by atoms with Crippen LogP contribution in [0.3, 0.4) is 0 Å². The standard InChI is InChI=1S/C3H7NO3/c5-3-1-2-4(6)7/h2,5H,1,3H2,(H,6,7). The van der Waals surface area contributed by atoms with E-state index in [0.717, 1.165) is 6.21 Å². The zero-order chi connectivity index (χ0) is 5.70. The molecule has 0 rings (SSSR count). The molecule has 0 saturated heterocycles. The van der Waals surface area contributed by atoms with Crippen LogP contribution in [-0.4, -0.2) is 28.0 Å². The molecule has 0 saturated carbocycles. The maximum absolute atomic E-state index is 9.51. The van der Waals surface area contributed by atoms with Crippen molar-refractivity contribution < 1.29 is 15.2 Å². The third-order valence-corrected chi connectivity index (χ3v) is 0.414. The number of aliphatic hydroxyl groups is 1. The molecular weight excluding hydrogens is 98.0 g/mol. The van der Waals surface area contributed by atoms with Crippen LogP contribution >= 0.6 is 0 Å². The molecule has 42 valence electrons. The number of rotatable bonds is 2. The largest absolute Gasteiger partial charge is 0.418 e. The van der Waals surface area contributed by atoms with Gasteiger partial charge in [-0.2, -0.15) is 0 Å². The SMILES string of the molecule is [O-]/[N+](O)=C\CCO. The Bertz CT molecular complexity index is 66.6. The highest BCUT2D eigenvalue weighted by atomic mass is 16.8. The fourth-order valence-corrected chi connectivity index (χ4v) is 0.168. The van der Waals surface area contributed by atoms with Gasteiger partial charge < -0.3 is 10.3 Å². The van der Waals surface area contributed by atoms with E-state index in [-0.39, 0.29) is 17.9 Å². The first-order valence-electron chi connectivity index (χ1n) is 1.87. The van der Waals surface area contributed by atoms with Crippen LogP contribution < -0.4 is 0 Å². The quantitative estimate of drug-likeness (QED) is 0.212. The molecule has 0 aliphatic heterocycles. The van der Waals surface area contributed by atoms with Gasteiger partial charge in [-0.1, -0.05) is 0 Å². The van der Waals surface area contributed by atoms with Crippen LogP contribution in [0.5, 0.6) is 0 Å². The van der Waals surface area contributed by atoms with Gasteiger partial charge >= 0.3 is 0 Å². The van der Waals surface area contributed by atoms with Gasteiger partial charge in [-0.25, -0.2) is 0 Å². The van der Waals surface area contributed by atoms with E-state index in [0.29, 0.717) is 0 Å². The fraction of sp³-hybridized carbons (Fsp3) is 0.667. The molecule has 0 fully saturated rings. The second kappa shape index (κ2) is 3.42. The van der Waals surface area contributed by atoms with Gasteiger partial charge in [0.1, 0.15) is 0 Å². The second-order valence-corrected chi connectivity index (χ2v) is 0.997. The van der Waals surface area contributed by atoms with Gasteiger partial charge in [0, 0.05) is 4.90 Å². The minimum atomic E-state index is -0.323. The molecule has 0 aromatic rings. The van der Waals surface area contributed by atoms with E-state index in [4.69, 9.17) is 10.3 Å². The molecular formula is C3H7NO3. The minimum absolute atomic E-state index is 0.112. The molecule has 0 aliphatic rings. The van der Waals surface area contributed by atoms with E-state index in [1.54, 1.807) is 0 Å². The van der Waals surface area contributed by atoms with Crippen molar-refractivity contribution in [3.63, 3.8) is 0 Å². The number of hydrogen-bond donors (Lipinski definition) is 2. The number of aliphatic hydroxyl groups excluding tert-OH is 1. The first-order chi connectivity index (χ1) is 3.27. The third-order valence-electron chi connectivity index (χ3n) is 0.414. The number of nitrogens with zero attached hydrogens (tertiary/aromatic N) is 1. The van der Waals surface area contributed by atoms with Gasteiger partial charge in [0.05, 0.1) is 13.0 Å². The molecule has 0 aromatic carbocycles. The van der Waals surface area contributed by atoms with Gasteiger partial charge in [0.15, 0.2) is 0 Å². The van der Waals surface area contributed by atoms with Crippen LogP contribution in [-0.2, 0) is 0 Å². The molecule has 0 bridgehead atoms. The topological polar surface area (TPSA) is 66.5 Å². The second-order valence-electron chi connectivity index (χ2n) is 0.997. The highest BCUT2D eigenvalue weighted by molar-refractivity contribution is 5.50. The maximum Gasteiger partial charge on any atom is 0.212 e. The zero-order valence-electron chi connectivity index (χ0n) is 3.74. The first kappa shape index (κ1) is 6.23. The molecule has 0 unspecified atom stereocenters. The monoisotopic (exact) mass is 105 g/mol. The van der Waals surface area contributed by atoms with Gasteiger partial charge in [0.2, 0.25) is 6.21 Å². The summed E-state index contributed by atoms with van der Waals surface area (Å²) in [4.78, 5) is -0.323. The van der Waals surface area contributed by atoms with Crippen LogP contribution in [0.2, 0.25) is 0 Å². The Kier molecular flexibility index (Phi) is 3.04. The lowest BCUT2D eigenvalue weighted by Gasteiger charge is -1.81. The zero-order valence-corrected chi connectivity index (χ0v) is 3.74. The summed E-state index contributed by atoms with van der Waals surface area (Å²) in [6.07, 6.45) is 1.12. The summed E-state index contributed by atoms with van der Waals surface area (Å²) < 4.78 is 0. The van der Waals surface area contributed by atoms with Crippen LogP contribution in [0, 0.1) is 5.21 Å². The lowest BCUT2D eigenvalue weighted by molar-refractivity contribution is -0.723. The summed E-state index contributed by atoms with van der Waals surface area (Å²) in [5.41, 5.74) is 0. The van der Waals surface area contributed by atoms with Crippen molar-refractivity contribution in [2.24, 2.45) is 0 Å². The molecule has 0 heterocycles. The lowest BCUT2D eigenvalue weighted by Crippen LogP contribution is -1.98. The predicted molar refractivity (Wildman–Crippen MR) is 23.2 cm³/mol. The lowest BCUT2D eigenvalue weighted by atomic mass is 10.5. The summed E-state index contributed by atoms with van der Waals surface area (Å²) in [5, 5.41) is 25.3. The Morgan fingerprint density at radius 1 is 1.71 bits per heavy atom. The highest BCUT2D eigenvalue weighted by Crippen LogP contribution is 1.65. The molecule has 0 aromatic heterocycles. The molecule has 7 heavy (non-hydrogen) atoms. The normalized spacial score (nSPS) is 11.9. The van der Waals surface area contributed by atoms with Crippen molar-refractivity contribution in [2.45, 2.75) is 6.42 Å². The third kappa shape index (κ3) is 5.23. The molecule has 4 heteroatoms. The Balaban J connectivity index is 3.08. The first-order valence-corrected chi connectivity index (χ1v) is 1.87. The van der Waals surface area contributed by atoms with Gasteiger partial charge in [-0.05, 0) is 0 Å². The van der Waals surface area contributed by atoms with Crippen molar-refractivity contribution in [3.8, 4) is 0 Å². The van der Waals surface area contributed by atoms with Crippen LogP contribution in [0.25, 0.3) is 0 Å². The highest BCUT2D eigenvalue weighted by Gasteiger charge is 1.81. The van der Waals surface area contributed by atoms with E-state index in [9.17, 15) is 5.21 Å². The maximum atomic E-state index is 9.51. The van der Waals surface area contributed by atoms with Crippen LogP contribution in [0.4, 0.5) is 0 Å². The molecule has 0 amide bonds. The summed E-state index contributed by atoms with van der Waals surface area (Å²) in [6.45, 7) is -0.112. The average Bonchev–Trinajstić information content (AvgIpc) is 1.61. The van der Waals surface area contributed by atoms with Gasteiger partial charge in [0.25, 0.3) is 0 Å². The van der Waals surface area contributed by atoms with E-state index >= 15 is 0 Å². The summed E-state index contributed by atoms with van der Waals surface area (Å²) in [5.74, 6) is 0. The van der Waals surface area contributed by atoms with Crippen molar-refractivity contribution in [2.75, 3.05) is 6.61 Å². The van der Waals surface area contributed by atoms with E-state index < -0.39 is 0 Å².